The monoisotopic (exact) mass is 198 g/mol. The molecule has 1 rings (SSSR count). The number of hydrogen-bond donors (Lipinski definition) is 1. The van der Waals surface area contributed by atoms with Crippen LogP contribution in [0.4, 0.5) is 0 Å². The average molecular weight is 198 g/mol. The molecule has 1 aromatic rings. The van der Waals surface area contributed by atoms with Gasteiger partial charge in [-0.15, -0.1) is 11.3 Å². The van der Waals surface area contributed by atoms with Gasteiger partial charge >= 0.3 is 0 Å². The number of hydrogen-bond acceptors (Lipinski definition) is 2. The molecule has 0 aliphatic rings. The molecule has 0 aliphatic heterocycles. The van der Waals surface area contributed by atoms with Gasteiger partial charge in [0.05, 0.1) is 6.10 Å². The quantitative estimate of drug-likeness (QED) is 0.790. The van der Waals surface area contributed by atoms with Gasteiger partial charge in [0.15, 0.2) is 0 Å². The highest BCUT2D eigenvalue weighted by Crippen LogP contribution is 2.29. The Kier molecular flexibility index (Phi) is 3.51. The van der Waals surface area contributed by atoms with Gasteiger partial charge in [-0.25, -0.2) is 0 Å². The van der Waals surface area contributed by atoms with E-state index in [1.165, 1.54) is 15.3 Å². The highest BCUT2D eigenvalue weighted by atomic mass is 32.1. The van der Waals surface area contributed by atoms with Crippen LogP contribution in [0.2, 0.25) is 0 Å². The van der Waals surface area contributed by atoms with E-state index in [0.717, 1.165) is 6.42 Å². The standard InChI is InChI=1S/C11H18OS/c1-7(5-8(2)12)11-6-9(3)13-10(11)4/h6-8,12H,5H2,1-4H3. The normalized spacial score (nSPS) is 15.8. The smallest absolute Gasteiger partial charge is 0.0517 e. The molecule has 0 bridgehead atoms. The lowest BCUT2D eigenvalue weighted by Gasteiger charge is -2.12. The Morgan fingerprint density at radius 2 is 2.00 bits per heavy atom. The summed E-state index contributed by atoms with van der Waals surface area (Å²) in [6.45, 7) is 8.33. The predicted molar refractivity (Wildman–Crippen MR) is 58.5 cm³/mol. The fourth-order valence-electron chi connectivity index (χ4n) is 1.78. The number of aliphatic hydroxyl groups is 1. The predicted octanol–water partition coefficient (Wildman–Crippen LogP) is 3.24. The SMILES string of the molecule is Cc1cc(C(C)CC(C)O)c(C)s1. The molecule has 2 heteroatoms. The van der Waals surface area contributed by atoms with Crippen molar-refractivity contribution < 1.29 is 5.11 Å². The molecule has 0 fully saturated rings. The van der Waals surface area contributed by atoms with E-state index in [9.17, 15) is 5.11 Å². The van der Waals surface area contributed by atoms with Gasteiger partial charge in [-0.05, 0) is 44.7 Å². The van der Waals surface area contributed by atoms with Gasteiger partial charge in [0.2, 0.25) is 0 Å². The summed E-state index contributed by atoms with van der Waals surface area (Å²) in [5.74, 6) is 0.477. The average Bonchev–Trinajstić information content (AvgIpc) is 2.28. The Bertz CT molecular complexity index is 276. The third kappa shape index (κ3) is 2.82. The van der Waals surface area contributed by atoms with Crippen LogP contribution in [0, 0.1) is 13.8 Å². The summed E-state index contributed by atoms with van der Waals surface area (Å²) in [7, 11) is 0. The molecule has 0 aliphatic carbocycles. The zero-order valence-electron chi connectivity index (χ0n) is 8.79. The van der Waals surface area contributed by atoms with E-state index in [4.69, 9.17) is 0 Å². The number of rotatable bonds is 3. The van der Waals surface area contributed by atoms with Gasteiger partial charge in [0, 0.05) is 9.75 Å². The second-order valence-electron chi connectivity index (χ2n) is 3.85. The summed E-state index contributed by atoms with van der Waals surface area (Å²) in [5.41, 5.74) is 1.41. The molecule has 1 aromatic heterocycles. The highest BCUT2D eigenvalue weighted by Gasteiger charge is 2.12. The van der Waals surface area contributed by atoms with Crippen LogP contribution < -0.4 is 0 Å². The van der Waals surface area contributed by atoms with Gasteiger partial charge in [-0.3, -0.25) is 0 Å². The van der Waals surface area contributed by atoms with E-state index in [1.807, 2.05) is 18.3 Å². The minimum Gasteiger partial charge on any atom is -0.393 e. The molecule has 1 nitrogen and oxygen atoms in total. The van der Waals surface area contributed by atoms with Crippen LogP contribution >= 0.6 is 11.3 Å². The Balaban J connectivity index is 2.76. The second-order valence-corrected chi connectivity index (χ2v) is 5.31. The van der Waals surface area contributed by atoms with E-state index in [-0.39, 0.29) is 6.10 Å². The third-order valence-corrected chi connectivity index (χ3v) is 3.29. The minimum atomic E-state index is -0.199. The van der Waals surface area contributed by atoms with Crippen molar-refractivity contribution in [1.82, 2.24) is 0 Å². The summed E-state index contributed by atoms with van der Waals surface area (Å²) in [6, 6.07) is 2.24. The largest absolute Gasteiger partial charge is 0.393 e. The molecule has 1 N–H and O–H groups in total. The van der Waals surface area contributed by atoms with Gasteiger partial charge < -0.3 is 5.11 Å². The van der Waals surface area contributed by atoms with Crippen molar-refractivity contribution in [2.75, 3.05) is 0 Å². The second kappa shape index (κ2) is 4.25. The first-order valence-electron chi connectivity index (χ1n) is 4.75. The molecule has 0 amide bonds. The molecule has 2 atom stereocenters. The van der Waals surface area contributed by atoms with E-state index in [0.29, 0.717) is 5.92 Å². The lowest BCUT2D eigenvalue weighted by Crippen LogP contribution is -2.05. The van der Waals surface area contributed by atoms with Crippen molar-refractivity contribution in [2.24, 2.45) is 0 Å². The van der Waals surface area contributed by atoms with Crippen molar-refractivity contribution in [3.63, 3.8) is 0 Å². The molecule has 2 unspecified atom stereocenters. The summed E-state index contributed by atoms with van der Waals surface area (Å²) in [5, 5.41) is 9.29. The van der Waals surface area contributed by atoms with Crippen LogP contribution in [-0.2, 0) is 0 Å². The number of aryl methyl sites for hydroxylation is 2. The van der Waals surface area contributed by atoms with Crippen LogP contribution in [0.1, 0.15) is 41.5 Å². The zero-order chi connectivity index (χ0) is 10.0. The van der Waals surface area contributed by atoms with Crippen molar-refractivity contribution >= 4 is 11.3 Å². The van der Waals surface area contributed by atoms with Crippen LogP contribution in [0.5, 0.6) is 0 Å². The fourth-order valence-corrected chi connectivity index (χ4v) is 2.83. The van der Waals surface area contributed by atoms with Crippen LogP contribution in [0.15, 0.2) is 6.07 Å². The van der Waals surface area contributed by atoms with Gasteiger partial charge in [-0.2, -0.15) is 0 Å². The molecule has 13 heavy (non-hydrogen) atoms. The molecule has 1 heterocycles. The van der Waals surface area contributed by atoms with Crippen molar-refractivity contribution in [1.29, 1.82) is 0 Å². The molecule has 0 saturated carbocycles. The van der Waals surface area contributed by atoms with Crippen LogP contribution in [0.3, 0.4) is 0 Å². The summed E-state index contributed by atoms with van der Waals surface area (Å²) in [4.78, 5) is 2.76. The first-order chi connectivity index (χ1) is 6.00. The topological polar surface area (TPSA) is 20.2 Å². The molecule has 0 aromatic carbocycles. The zero-order valence-corrected chi connectivity index (χ0v) is 9.61. The summed E-state index contributed by atoms with van der Waals surface area (Å²) in [6.07, 6.45) is 0.659. The molecular weight excluding hydrogens is 180 g/mol. The Hall–Kier alpha value is -0.340. The van der Waals surface area contributed by atoms with Crippen molar-refractivity contribution in [3.05, 3.63) is 21.4 Å². The Morgan fingerprint density at radius 1 is 1.38 bits per heavy atom. The third-order valence-electron chi connectivity index (χ3n) is 2.30. The van der Waals surface area contributed by atoms with Crippen molar-refractivity contribution in [3.8, 4) is 0 Å². The molecule has 0 spiro atoms. The van der Waals surface area contributed by atoms with Crippen LogP contribution in [-0.4, -0.2) is 11.2 Å². The highest BCUT2D eigenvalue weighted by molar-refractivity contribution is 7.12. The summed E-state index contributed by atoms with van der Waals surface area (Å²) >= 11 is 1.84. The van der Waals surface area contributed by atoms with Gasteiger partial charge in [0.1, 0.15) is 0 Å². The maximum atomic E-state index is 9.29. The molecular formula is C11H18OS. The van der Waals surface area contributed by atoms with E-state index in [1.54, 1.807) is 0 Å². The van der Waals surface area contributed by atoms with E-state index in [2.05, 4.69) is 26.8 Å². The Labute approximate surface area is 84.4 Å². The first-order valence-corrected chi connectivity index (χ1v) is 5.57. The first kappa shape index (κ1) is 10.7. The molecule has 0 saturated heterocycles. The minimum absolute atomic E-state index is 0.199. The molecule has 0 radical (unpaired) electrons. The summed E-state index contributed by atoms with van der Waals surface area (Å²) < 4.78 is 0. The molecule has 74 valence electrons. The van der Waals surface area contributed by atoms with E-state index < -0.39 is 0 Å². The van der Waals surface area contributed by atoms with Crippen molar-refractivity contribution in [2.45, 2.75) is 46.1 Å². The van der Waals surface area contributed by atoms with Gasteiger partial charge in [-0.1, -0.05) is 6.92 Å². The number of thiophene rings is 1. The lowest BCUT2D eigenvalue weighted by molar-refractivity contribution is 0.176. The van der Waals surface area contributed by atoms with E-state index >= 15 is 0 Å². The maximum Gasteiger partial charge on any atom is 0.0517 e. The Morgan fingerprint density at radius 3 is 2.38 bits per heavy atom. The van der Waals surface area contributed by atoms with Crippen LogP contribution in [0.25, 0.3) is 0 Å². The lowest BCUT2D eigenvalue weighted by atomic mass is 9.96. The maximum absolute atomic E-state index is 9.29. The number of aliphatic hydroxyl groups excluding tert-OH is 1. The van der Waals surface area contributed by atoms with Gasteiger partial charge in [0.25, 0.3) is 0 Å². The fraction of sp³-hybridized carbons (Fsp3) is 0.636.